The van der Waals surface area contributed by atoms with Crippen molar-refractivity contribution in [3.8, 4) is 0 Å². The molecule has 0 saturated heterocycles. The maximum Gasteiger partial charge on any atom is 0.331 e. The molecule has 1 unspecified atom stereocenters. The Morgan fingerprint density at radius 1 is 1.40 bits per heavy atom. The summed E-state index contributed by atoms with van der Waals surface area (Å²) in [7, 11) is 0. The van der Waals surface area contributed by atoms with Gasteiger partial charge in [0.25, 0.3) is 0 Å². The van der Waals surface area contributed by atoms with Crippen molar-refractivity contribution in [3.63, 3.8) is 0 Å². The number of ether oxygens (including phenoxy) is 1. The van der Waals surface area contributed by atoms with E-state index in [2.05, 4.69) is 6.58 Å². The highest BCUT2D eigenvalue weighted by Gasteiger charge is 2.03. The Morgan fingerprint density at radius 2 is 2.07 bits per heavy atom. The SMILES string of the molecule is C=CC(=O)OC(Cl)C=Cc1ccccc1. The summed E-state index contributed by atoms with van der Waals surface area (Å²) in [6.45, 7) is 3.27. The first-order valence-corrected chi connectivity index (χ1v) is 4.86. The van der Waals surface area contributed by atoms with Crippen LogP contribution in [0.2, 0.25) is 0 Å². The Bertz CT molecular complexity index is 357. The molecule has 2 nitrogen and oxygen atoms in total. The van der Waals surface area contributed by atoms with Crippen LogP contribution in [0, 0.1) is 0 Å². The summed E-state index contributed by atoms with van der Waals surface area (Å²) in [4.78, 5) is 10.8. The van der Waals surface area contributed by atoms with Gasteiger partial charge in [-0.2, -0.15) is 0 Å². The normalized spacial score (nSPS) is 12.3. The van der Waals surface area contributed by atoms with Gasteiger partial charge in [0.15, 0.2) is 5.56 Å². The molecule has 0 fully saturated rings. The molecule has 0 radical (unpaired) electrons. The zero-order chi connectivity index (χ0) is 11.1. The predicted octanol–water partition coefficient (Wildman–Crippen LogP) is 2.99. The van der Waals surface area contributed by atoms with Gasteiger partial charge in [-0.1, -0.05) is 54.6 Å². The van der Waals surface area contributed by atoms with Crippen molar-refractivity contribution >= 4 is 23.6 Å². The van der Waals surface area contributed by atoms with E-state index in [4.69, 9.17) is 16.3 Å². The number of esters is 1. The minimum Gasteiger partial charge on any atom is -0.439 e. The smallest absolute Gasteiger partial charge is 0.331 e. The van der Waals surface area contributed by atoms with Crippen LogP contribution >= 0.6 is 11.6 Å². The molecule has 0 heterocycles. The van der Waals surface area contributed by atoms with Gasteiger partial charge in [-0.3, -0.25) is 0 Å². The lowest BCUT2D eigenvalue weighted by molar-refractivity contribution is -0.137. The second-order valence-electron chi connectivity index (χ2n) is 2.76. The summed E-state index contributed by atoms with van der Waals surface area (Å²) < 4.78 is 4.74. The number of carbonyl (C=O) groups excluding carboxylic acids is 1. The fourth-order valence-electron chi connectivity index (χ4n) is 0.949. The molecule has 0 aromatic heterocycles. The maximum absolute atomic E-state index is 10.8. The fraction of sp³-hybridized carbons (Fsp3) is 0.0833. The van der Waals surface area contributed by atoms with Crippen LogP contribution in [0.25, 0.3) is 6.08 Å². The van der Waals surface area contributed by atoms with Crippen molar-refractivity contribution in [2.75, 3.05) is 0 Å². The highest BCUT2D eigenvalue weighted by Crippen LogP contribution is 2.06. The van der Waals surface area contributed by atoms with E-state index >= 15 is 0 Å². The Morgan fingerprint density at radius 3 is 2.67 bits per heavy atom. The molecule has 0 bridgehead atoms. The number of rotatable bonds is 4. The van der Waals surface area contributed by atoms with E-state index < -0.39 is 11.5 Å². The Labute approximate surface area is 93.8 Å². The fourth-order valence-corrected chi connectivity index (χ4v) is 1.11. The number of hydrogen-bond donors (Lipinski definition) is 0. The van der Waals surface area contributed by atoms with Crippen molar-refractivity contribution in [1.29, 1.82) is 0 Å². The average molecular weight is 223 g/mol. The molecule has 0 spiro atoms. The summed E-state index contributed by atoms with van der Waals surface area (Å²) in [5.74, 6) is -0.535. The van der Waals surface area contributed by atoms with Crippen molar-refractivity contribution in [1.82, 2.24) is 0 Å². The number of carbonyl (C=O) groups is 1. The van der Waals surface area contributed by atoms with E-state index in [9.17, 15) is 4.79 Å². The molecular weight excluding hydrogens is 212 g/mol. The monoisotopic (exact) mass is 222 g/mol. The molecule has 78 valence electrons. The molecule has 0 aliphatic rings. The van der Waals surface area contributed by atoms with Crippen LogP contribution < -0.4 is 0 Å². The van der Waals surface area contributed by atoms with Crippen LogP contribution in [0.15, 0.2) is 49.1 Å². The van der Waals surface area contributed by atoms with Crippen LogP contribution in [0.1, 0.15) is 5.56 Å². The summed E-state index contributed by atoms with van der Waals surface area (Å²) in [6, 6.07) is 9.61. The van der Waals surface area contributed by atoms with Crippen LogP contribution in [-0.2, 0) is 9.53 Å². The lowest BCUT2D eigenvalue weighted by Crippen LogP contribution is -2.07. The zero-order valence-electron chi connectivity index (χ0n) is 8.10. The second kappa shape index (κ2) is 6.04. The van der Waals surface area contributed by atoms with E-state index in [1.807, 2.05) is 30.3 Å². The molecule has 1 atom stereocenters. The molecule has 0 aliphatic heterocycles. The predicted molar refractivity (Wildman–Crippen MR) is 61.4 cm³/mol. The first kappa shape index (κ1) is 11.5. The molecule has 3 heteroatoms. The number of halogens is 1. The van der Waals surface area contributed by atoms with Gasteiger partial charge in [0.05, 0.1) is 0 Å². The van der Waals surface area contributed by atoms with E-state index in [0.29, 0.717) is 0 Å². The topological polar surface area (TPSA) is 26.3 Å². The Hall–Kier alpha value is -1.54. The van der Waals surface area contributed by atoms with Crippen molar-refractivity contribution < 1.29 is 9.53 Å². The summed E-state index contributed by atoms with van der Waals surface area (Å²) in [6.07, 6.45) is 4.46. The third-order valence-electron chi connectivity index (χ3n) is 1.63. The molecular formula is C12H11ClO2. The Balaban J connectivity index is 2.51. The minimum atomic E-state index is -0.768. The third kappa shape index (κ3) is 4.47. The average Bonchev–Trinajstić information content (AvgIpc) is 2.27. The number of benzene rings is 1. The van der Waals surface area contributed by atoms with Gasteiger partial charge in [-0.15, -0.1) is 0 Å². The molecule has 0 aliphatic carbocycles. The van der Waals surface area contributed by atoms with Crippen LogP contribution in [-0.4, -0.2) is 11.5 Å². The van der Waals surface area contributed by atoms with Crippen molar-refractivity contribution in [2.45, 2.75) is 5.56 Å². The van der Waals surface area contributed by atoms with Crippen molar-refractivity contribution in [3.05, 3.63) is 54.6 Å². The van der Waals surface area contributed by atoms with Crippen LogP contribution in [0.4, 0.5) is 0 Å². The molecule has 0 amide bonds. The van der Waals surface area contributed by atoms with E-state index in [1.54, 1.807) is 12.2 Å². The van der Waals surface area contributed by atoms with Gasteiger partial charge in [0.2, 0.25) is 0 Å². The number of alkyl halides is 1. The van der Waals surface area contributed by atoms with Crippen LogP contribution in [0.5, 0.6) is 0 Å². The second-order valence-corrected chi connectivity index (χ2v) is 3.19. The Kier molecular flexibility index (Phi) is 4.64. The zero-order valence-corrected chi connectivity index (χ0v) is 8.85. The highest BCUT2D eigenvalue weighted by atomic mass is 35.5. The summed E-state index contributed by atoms with van der Waals surface area (Å²) in [5, 5.41) is 0. The quantitative estimate of drug-likeness (QED) is 0.445. The standard InChI is InChI=1S/C12H11ClO2/c1-2-12(14)15-11(13)9-8-10-6-4-3-5-7-10/h2-9,11H,1H2. The molecule has 1 rings (SSSR count). The lowest BCUT2D eigenvalue weighted by atomic mass is 10.2. The maximum atomic E-state index is 10.8. The van der Waals surface area contributed by atoms with Gasteiger partial charge in [-0.25, -0.2) is 4.79 Å². The molecule has 1 aromatic rings. The lowest BCUT2D eigenvalue weighted by Gasteiger charge is -2.03. The molecule has 0 N–H and O–H groups in total. The van der Waals surface area contributed by atoms with Gasteiger partial charge < -0.3 is 4.74 Å². The van der Waals surface area contributed by atoms with Gasteiger partial charge in [0, 0.05) is 6.08 Å². The largest absolute Gasteiger partial charge is 0.439 e. The highest BCUT2D eigenvalue weighted by molar-refractivity contribution is 6.21. The minimum absolute atomic E-state index is 0.535. The summed E-state index contributed by atoms with van der Waals surface area (Å²) >= 11 is 5.73. The third-order valence-corrected chi connectivity index (χ3v) is 1.87. The van der Waals surface area contributed by atoms with E-state index in [0.717, 1.165) is 11.6 Å². The molecule has 1 aromatic carbocycles. The van der Waals surface area contributed by atoms with Gasteiger partial charge >= 0.3 is 5.97 Å². The van der Waals surface area contributed by atoms with Gasteiger partial charge in [0.1, 0.15) is 0 Å². The first-order chi connectivity index (χ1) is 7.22. The summed E-state index contributed by atoms with van der Waals surface area (Å²) in [5.41, 5.74) is 0.230. The molecule has 0 saturated carbocycles. The van der Waals surface area contributed by atoms with Crippen molar-refractivity contribution in [2.24, 2.45) is 0 Å². The van der Waals surface area contributed by atoms with E-state index in [1.165, 1.54) is 0 Å². The first-order valence-electron chi connectivity index (χ1n) is 4.43. The van der Waals surface area contributed by atoms with Crippen LogP contribution in [0.3, 0.4) is 0 Å². The van der Waals surface area contributed by atoms with E-state index in [-0.39, 0.29) is 0 Å². The molecule has 15 heavy (non-hydrogen) atoms. The number of hydrogen-bond acceptors (Lipinski definition) is 2. The van der Waals surface area contributed by atoms with Gasteiger partial charge in [-0.05, 0) is 11.6 Å².